The first-order chi connectivity index (χ1) is 9.72. The summed E-state index contributed by atoms with van der Waals surface area (Å²) in [6, 6.07) is 13.2. The van der Waals surface area contributed by atoms with Crippen molar-refractivity contribution < 1.29 is 14.9 Å². The Kier molecular flexibility index (Phi) is 4.98. The number of methoxy groups -OCH3 is 1. The van der Waals surface area contributed by atoms with E-state index in [0.717, 1.165) is 23.2 Å². The predicted octanol–water partition coefficient (Wildman–Crippen LogP) is 2.18. The summed E-state index contributed by atoms with van der Waals surface area (Å²) in [5.41, 5.74) is 3.06. The Balaban J connectivity index is 1.87. The van der Waals surface area contributed by atoms with Gasteiger partial charge in [-0.05, 0) is 28.8 Å². The molecule has 0 unspecified atom stereocenters. The van der Waals surface area contributed by atoms with Gasteiger partial charge in [0.15, 0.2) is 11.5 Å². The smallest absolute Gasteiger partial charge is 0.160 e. The molecular formula is C16H19NO3. The highest BCUT2D eigenvalue weighted by atomic mass is 16.5. The van der Waals surface area contributed by atoms with Crippen LogP contribution in [-0.4, -0.2) is 17.3 Å². The number of aliphatic hydroxyl groups is 1. The molecule has 0 atom stereocenters. The highest BCUT2D eigenvalue weighted by molar-refractivity contribution is 5.41. The van der Waals surface area contributed by atoms with Crippen molar-refractivity contribution >= 4 is 0 Å². The molecule has 0 spiro atoms. The van der Waals surface area contributed by atoms with Crippen molar-refractivity contribution in [1.29, 1.82) is 0 Å². The van der Waals surface area contributed by atoms with Gasteiger partial charge in [0.2, 0.25) is 0 Å². The normalized spacial score (nSPS) is 10.5. The minimum Gasteiger partial charge on any atom is -0.504 e. The van der Waals surface area contributed by atoms with E-state index in [0.29, 0.717) is 12.3 Å². The number of hydrogen-bond acceptors (Lipinski definition) is 4. The van der Waals surface area contributed by atoms with Gasteiger partial charge in [-0.3, -0.25) is 0 Å². The van der Waals surface area contributed by atoms with Gasteiger partial charge in [-0.2, -0.15) is 0 Å². The van der Waals surface area contributed by atoms with Crippen LogP contribution >= 0.6 is 0 Å². The molecule has 0 aliphatic heterocycles. The van der Waals surface area contributed by atoms with Crippen LogP contribution in [0, 0.1) is 0 Å². The molecule has 0 radical (unpaired) electrons. The van der Waals surface area contributed by atoms with Crippen molar-refractivity contribution in [3.8, 4) is 11.5 Å². The van der Waals surface area contributed by atoms with Crippen LogP contribution in [0.1, 0.15) is 16.7 Å². The maximum Gasteiger partial charge on any atom is 0.160 e. The Hall–Kier alpha value is -2.04. The largest absolute Gasteiger partial charge is 0.504 e. The molecule has 4 heteroatoms. The number of rotatable bonds is 6. The quantitative estimate of drug-likeness (QED) is 0.755. The molecule has 4 nitrogen and oxygen atoms in total. The lowest BCUT2D eigenvalue weighted by Crippen LogP contribution is -2.12. The highest BCUT2D eigenvalue weighted by Gasteiger charge is 2.02. The maximum atomic E-state index is 9.69. The topological polar surface area (TPSA) is 61.7 Å². The van der Waals surface area contributed by atoms with Crippen molar-refractivity contribution in [3.05, 3.63) is 59.2 Å². The van der Waals surface area contributed by atoms with Crippen LogP contribution in [0.25, 0.3) is 0 Å². The Labute approximate surface area is 118 Å². The fourth-order valence-electron chi connectivity index (χ4n) is 1.96. The van der Waals surface area contributed by atoms with E-state index >= 15 is 0 Å². The lowest BCUT2D eigenvalue weighted by Gasteiger charge is -2.08. The number of benzene rings is 2. The van der Waals surface area contributed by atoms with Crippen LogP contribution in [0.2, 0.25) is 0 Å². The van der Waals surface area contributed by atoms with Crippen molar-refractivity contribution in [2.24, 2.45) is 0 Å². The Morgan fingerprint density at radius 3 is 2.15 bits per heavy atom. The summed E-state index contributed by atoms with van der Waals surface area (Å²) in [4.78, 5) is 0. The summed E-state index contributed by atoms with van der Waals surface area (Å²) in [6.45, 7) is 1.47. The summed E-state index contributed by atoms with van der Waals surface area (Å²) in [5.74, 6) is 0.632. The van der Waals surface area contributed by atoms with Crippen LogP contribution < -0.4 is 10.1 Å². The molecule has 0 amide bonds. The summed E-state index contributed by atoms with van der Waals surface area (Å²) in [7, 11) is 1.53. The molecule has 0 aromatic heterocycles. The Morgan fingerprint density at radius 2 is 1.55 bits per heavy atom. The first-order valence-corrected chi connectivity index (χ1v) is 6.48. The van der Waals surface area contributed by atoms with Crippen LogP contribution in [0.5, 0.6) is 11.5 Å². The fourth-order valence-corrected chi connectivity index (χ4v) is 1.96. The summed E-state index contributed by atoms with van der Waals surface area (Å²) in [6.07, 6.45) is 0. The zero-order valence-corrected chi connectivity index (χ0v) is 11.5. The minimum atomic E-state index is 0.0683. The average Bonchev–Trinajstić information content (AvgIpc) is 2.48. The highest BCUT2D eigenvalue weighted by Crippen LogP contribution is 2.26. The number of hydrogen-bond donors (Lipinski definition) is 3. The van der Waals surface area contributed by atoms with Gasteiger partial charge in [0.05, 0.1) is 13.7 Å². The number of ether oxygens (including phenoxy) is 1. The van der Waals surface area contributed by atoms with Crippen molar-refractivity contribution in [1.82, 2.24) is 5.32 Å². The van der Waals surface area contributed by atoms with Gasteiger partial charge in [-0.1, -0.05) is 30.3 Å². The van der Waals surface area contributed by atoms with Gasteiger partial charge in [-0.15, -0.1) is 0 Å². The first kappa shape index (κ1) is 14.4. The van der Waals surface area contributed by atoms with E-state index in [9.17, 15) is 5.11 Å². The third kappa shape index (κ3) is 3.73. The molecule has 3 N–H and O–H groups in total. The van der Waals surface area contributed by atoms with E-state index in [1.165, 1.54) is 7.11 Å². The molecule has 2 aromatic rings. The monoisotopic (exact) mass is 273 g/mol. The molecule has 0 saturated heterocycles. The van der Waals surface area contributed by atoms with Crippen LogP contribution in [0.15, 0.2) is 42.5 Å². The molecule has 0 aliphatic rings. The minimum absolute atomic E-state index is 0.0683. The Bertz CT molecular complexity index is 552. The van der Waals surface area contributed by atoms with Crippen molar-refractivity contribution in [2.45, 2.75) is 19.7 Å². The van der Waals surface area contributed by atoms with Crippen LogP contribution in [0.4, 0.5) is 0 Å². The fraction of sp³-hybridized carbons (Fsp3) is 0.250. The van der Waals surface area contributed by atoms with E-state index in [1.54, 1.807) is 12.1 Å². The predicted molar refractivity (Wildman–Crippen MR) is 77.6 cm³/mol. The zero-order chi connectivity index (χ0) is 14.4. The summed E-state index contributed by atoms with van der Waals surface area (Å²) < 4.78 is 5.00. The average molecular weight is 273 g/mol. The summed E-state index contributed by atoms with van der Waals surface area (Å²) in [5, 5.41) is 22.0. The van der Waals surface area contributed by atoms with Gasteiger partial charge < -0.3 is 20.3 Å². The molecule has 2 rings (SSSR count). The van der Waals surface area contributed by atoms with Gasteiger partial charge in [0.1, 0.15) is 0 Å². The van der Waals surface area contributed by atoms with Crippen molar-refractivity contribution in [2.75, 3.05) is 7.11 Å². The van der Waals surface area contributed by atoms with E-state index in [1.807, 2.05) is 30.3 Å². The lowest BCUT2D eigenvalue weighted by atomic mass is 10.1. The molecular weight excluding hydrogens is 254 g/mol. The second-order valence-electron chi connectivity index (χ2n) is 4.58. The molecule has 0 aliphatic carbocycles. The van der Waals surface area contributed by atoms with Crippen LogP contribution in [0.3, 0.4) is 0 Å². The molecule has 0 saturated carbocycles. The summed E-state index contributed by atoms with van der Waals surface area (Å²) >= 11 is 0. The maximum absolute atomic E-state index is 9.69. The number of aliphatic hydroxyl groups excluding tert-OH is 1. The standard InChI is InChI=1S/C16H19NO3/c1-20-16-7-6-14(8-15(16)19)10-17-9-12-2-4-13(11-18)5-3-12/h2-8,17-19H,9-11H2,1H3. The number of aromatic hydroxyl groups is 1. The Morgan fingerprint density at radius 1 is 0.950 bits per heavy atom. The van der Waals surface area contributed by atoms with E-state index in [4.69, 9.17) is 9.84 Å². The third-order valence-electron chi connectivity index (χ3n) is 3.11. The van der Waals surface area contributed by atoms with Crippen LogP contribution in [-0.2, 0) is 19.7 Å². The molecule has 106 valence electrons. The van der Waals surface area contributed by atoms with Gasteiger partial charge >= 0.3 is 0 Å². The number of phenols is 1. The third-order valence-corrected chi connectivity index (χ3v) is 3.11. The molecule has 0 bridgehead atoms. The number of nitrogens with one attached hydrogen (secondary N) is 1. The van der Waals surface area contributed by atoms with Gasteiger partial charge in [0, 0.05) is 13.1 Å². The van der Waals surface area contributed by atoms with Gasteiger partial charge in [-0.25, -0.2) is 0 Å². The second kappa shape index (κ2) is 6.93. The molecule has 0 fully saturated rings. The van der Waals surface area contributed by atoms with E-state index in [2.05, 4.69) is 5.32 Å². The van der Waals surface area contributed by atoms with Crippen molar-refractivity contribution in [3.63, 3.8) is 0 Å². The second-order valence-corrected chi connectivity index (χ2v) is 4.58. The molecule has 0 heterocycles. The molecule has 2 aromatic carbocycles. The van der Waals surface area contributed by atoms with E-state index < -0.39 is 0 Å². The number of phenolic OH excluding ortho intramolecular Hbond substituents is 1. The molecule has 20 heavy (non-hydrogen) atoms. The van der Waals surface area contributed by atoms with E-state index in [-0.39, 0.29) is 12.4 Å². The van der Waals surface area contributed by atoms with Gasteiger partial charge in [0.25, 0.3) is 0 Å². The first-order valence-electron chi connectivity index (χ1n) is 6.48. The lowest BCUT2D eigenvalue weighted by molar-refractivity contribution is 0.282. The zero-order valence-electron chi connectivity index (χ0n) is 11.5. The SMILES string of the molecule is COc1ccc(CNCc2ccc(CO)cc2)cc1O.